The number of ketones is 1. The number of hydrogen-bond donors (Lipinski definition) is 3. The number of amides is 1. The average Bonchev–Trinajstić information content (AvgIpc) is 3.19. The standard InChI is InChI=1S/C23H33NO6S/c1-13-7-8-14-5-2-3-6-15(14)17(13)19(26)18-20(31-12-4-11-25)23(30)16(22(28)29)9-10-24(23)21(18)27/h7-8,13-18,20,25,30H,2-6,9-12H2,1H3,(H,28,29)/t13-,14+,15-,16-,17?,18-,20+,23+/m0/s1. The molecular formula is C23H33NO6S. The van der Waals surface area contributed by atoms with E-state index in [9.17, 15) is 29.7 Å². The minimum Gasteiger partial charge on any atom is -0.481 e. The Morgan fingerprint density at radius 2 is 1.97 bits per heavy atom. The molecule has 2 aliphatic carbocycles. The number of carboxylic acids is 1. The summed E-state index contributed by atoms with van der Waals surface area (Å²) >= 11 is 1.27. The predicted octanol–water partition coefficient (Wildman–Crippen LogP) is 1.92. The SMILES string of the molecule is C[C@H]1C=C[C@H]2CCCC[C@@H]2C1C(=O)[C@@H]1C(=O)N2CC[C@@H](C(=O)O)[C@@]2(O)[C@@H]1SCCCO. The molecule has 2 saturated heterocycles. The first kappa shape index (κ1) is 22.8. The molecular weight excluding hydrogens is 418 g/mol. The molecule has 1 saturated carbocycles. The second kappa shape index (κ2) is 8.87. The molecule has 172 valence electrons. The van der Waals surface area contributed by atoms with Gasteiger partial charge in [0.1, 0.15) is 11.8 Å². The van der Waals surface area contributed by atoms with Crippen LogP contribution in [-0.4, -0.2) is 67.8 Å². The monoisotopic (exact) mass is 451 g/mol. The third kappa shape index (κ3) is 3.64. The number of aliphatic hydroxyl groups excluding tert-OH is 1. The minimum absolute atomic E-state index is 0.0168. The number of thioether (sulfide) groups is 1. The summed E-state index contributed by atoms with van der Waals surface area (Å²) in [5, 5.41) is 29.7. The summed E-state index contributed by atoms with van der Waals surface area (Å²) in [4.78, 5) is 40.6. The maximum atomic E-state index is 14.0. The van der Waals surface area contributed by atoms with Crippen molar-refractivity contribution in [2.45, 2.75) is 56.4 Å². The number of nitrogens with zero attached hydrogens (tertiary/aromatic N) is 1. The number of hydrogen-bond acceptors (Lipinski definition) is 6. The van der Waals surface area contributed by atoms with Crippen molar-refractivity contribution >= 4 is 29.4 Å². The maximum absolute atomic E-state index is 14.0. The molecule has 0 aromatic heterocycles. The van der Waals surface area contributed by atoms with Gasteiger partial charge in [-0.2, -0.15) is 11.8 Å². The van der Waals surface area contributed by atoms with E-state index in [0.717, 1.165) is 25.7 Å². The summed E-state index contributed by atoms with van der Waals surface area (Å²) in [5.74, 6) is -3.08. The van der Waals surface area contributed by atoms with Crippen LogP contribution in [0.4, 0.5) is 0 Å². The molecule has 1 unspecified atom stereocenters. The van der Waals surface area contributed by atoms with Crippen molar-refractivity contribution in [3.05, 3.63) is 12.2 Å². The van der Waals surface area contributed by atoms with Crippen LogP contribution in [0.1, 0.15) is 45.4 Å². The van der Waals surface area contributed by atoms with Crippen LogP contribution in [0.2, 0.25) is 0 Å². The van der Waals surface area contributed by atoms with Gasteiger partial charge in [0.15, 0.2) is 11.5 Å². The van der Waals surface area contributed by atoms with Crippen molar-refractivity contribution in [2.75, 3.05) is 18.9 Å². The predicted molar refractivity (Wildman–Crippen MR) is 116 cm³/mol. The lowest BCUT2D eigenvalue weighted by atomic mass is 9.62. The highest BCUT2D eigenvalue weighted by atomic mass is 32.2. The van der Waals surface area contributed by atoms with Crippen molar-refractivity contribution in [2.24, 2.45) is 35.5 Å². The van der Waals surface area contributed by atoms with Crippen LogP contribution in [0, 0.1) is 35.5 Å². The molecule has 8 atom stereocenters. The zero-order valence-corrected chi connectivity index (χ0v) is 18.8. The Kier molecular flexibility index (Phi) is 6.52. The molecule has 1 amide bonds. The fourth-order valence-corrected chi connectivity index (χ4v) is 8.00. The molecule has 0 bridgehead atoms. The molecule has 8 heteroatoms. The Balaban J connectivity index is 1.68. The molecule has 4 aliphatic rings. The zero-order valence-electron chi connectivity index (χ0n) is 18.0. The van der Waals surface area contributed by atoms with Crippen LogP contribution < -0.4 is 0 Å². The fourth-order valence-electron chi connectivity index (χ4n) is 6.47. The molecule has 2 aliphatic heterocycles. The lowest BCUT2D eigenvalue weighted by Gasteiger charge is -2.42. The highest BCUT2D eigenvalue weighted by Crippen LogP contribution is 2.52. The number of aliphatic hydroxyl groups is 2. The minimum atomic E-state index is -1.86. The second-order valence-electron chi connectivity index (χ2n) is 9.58. The summed E-state index contributed by atoms with van der Waals surface area (Å²) in [5.41, 5.74) is -1.86. The van der Waals surface area contributed by atoms with E-state index in [1.165, 1.54) is 16.7 Å². The summed E-state index contributed by atoms with van der Waals surface area (Å²) < 4.78 is 0. The normalized spacial score (nSPS) is 41.8. The van der Waals surface area contributed by atoms with Gasteiger partial charge in [0, 0.05) is 19.1 Å². The number of allylic oxidation sites excluding steroid dienone is 2. The fraction of sp³-hybridized carbons (Fsp3) is 0.783. The van der Waals surface area contributed by atoms with E-state index in [1.807, 2.05) is 6.92 Å². The van der Waals surface area contributed by atoms with Gasteiger partial charge < -0.3 is 20.2 Å². The molecule has 0 aromatic carbocycles. The van der Waals surface area contributed by atoms with Crippen LogP contribution in [0.25, 0.3) is 0 Å². The van der Waals surface area contributed by atoms with Crippen molar-refractivity contribution in [1.82, 2.24) is 4.90 Å². The molecule has 3 fully saturated rings. The van der Waals surface area contributed by atoms with Crippen LogP contribution in [-0.2, 0) is 14.4 Å². The summed E-state index contributed by atoms with van der Waals surface area (Å²) in [6.07, 6.45) is 9.21. The molecule has 0 aromatic rings. The summed E-state index contributed by atoms with van der Waals surface area (Å²) in [6, 6.07) is 0. The number of Topliss-reactive ketones (excluding diaryl/α,β-unsaturated/α-hetero) is 1. The van der Waals surface area contributed by atoms with Gasteiger partial charge in [-0.3, -0.25) is 14.4 Å². The van der Waals surface area contributed by atoms with Crippen molar-refractivity contribution < 1.29 is 29.7 Å². The quantitative estimate of drug-likeness (QED) is 0.308. The Labute approximate surface area is 187 Å². The summed E-state index contributed by atoms with van der Waals surface area (Å²) in [7, 11) is 0. The molecule has 0 spiro atoms. The lowest BCUT2D eigenvalue weighted by molar-refractivity contribution is -0.160. The number of carboxylic acid groups (broad SMARTS) is 1. The first-order valence-electron chi connectivity index (χ1n) is 11.5. The topological polar surface area (TPSA) is 115 Å². The first-order valence-corrected chi connectivity index (χ1v) is 12.6. The number of aliphatic carboxylic acids is 1. The Morgan fingerprint density at radius 3 is 2.68 bits per heavy atom. The largest absolute Gasteiger partial charge is 0.481 e. The van der Waals surface area contributed by atoms with Gasteiger partial charge in [0.25, 0.3) is 0 Å². The highest BCUT2D eigenvalue weighted by Gasteiger charge is 2.68. The van der Waals surface area contributed by atoms with Crippen molar-refractivity contribution in [3.63, 3.8) is 0 Å². The second-order valence-corrected chi connectivity index (χ2v) is 10.8. The van der Waals surface area contributed by atoms with E-state index in [4.69, 9.17) is 0 Å². The van der Waals surface area contributed by atoms with Gasteiger partial charge in [-0.25, -0.2) is 0 Å². The number of carbonyl (C=O) groups is 3. The van der Waals surface area contributed by atoms with E-state index in [1.54, 1.807) is 0 Å². The van der Waals surface area contributed by atoms with Gasteiger partial charge in [0.05, 0.1) is 5.25 Å². The number of carbonyl (C=O) groups excluding carboxylic acids is 2. The van der Waals surface area contributed by atoms with Gasteiger partial charge >= 0.3 is 5.97 Å². The third-order valence-corrected chi connectivity index (χ3v) is 9.44. The Hall–Kier alpha value is -1.38. The van der Waals surface area contributed by atoms with Crippen LogP contribution >= 0.6 is 11.8 Å². The first-order chi connectivity index (χ1) is 14.8. The maximum Gasteiger partial charge on any atom is 0.311 e. The third-order valence-electron chi connectivity index (χ3n) is 7.94. The zero-order chi connectivity index (χ0) is 22.3. The van der Waals surface area contributed by atoms with Gasteiger partial charge in [-0.05, 0) is 49.2 Å². The van der Waals surface area contributed by atoms with Crippen molar-refractivity contribution in [3.8, 4) is 0 Å². The highest BCUT2D eigenvalue weighted by molar-refractivity contribution is 8.00. The van der Waals surface area contributed by atoms with Gasteiger partial charge in [0.2, 0.25) is 5.91 Å². The van der Waals surface area contributed by atoms with E-state index in [-0.39, 0.29) is 43.1 Å². The number of rotatable bonds is 7. The molecule has 0 radical (unpaired) electrons. The van der Waals surface area contributed by atoms with E-state index < -0.39 is 34.7 Å². The average molecular weight is 452 g/mol. The van der Waals surface area contributed by atoms with Crippen LogP contribution in [0.15, 0.2) is 12.2 Å². The van der Waals surface area contributed by atoms with Crippen LogP contribution in [0.5, 0.6) is 0 Å². The number of fused-ring (bicyclic) bond motifs is 2. The molecule has 2 heterocycles. The van der Waals surface area contributed by atoms with E-state index in [0.29, 0.717) is 18.1 Å². The smallest absolute Gasteiger partial charge is 0.311 e. The Morgan fingerprint density at radius 1 is 1.23 bits per heavy atom. The lowest BCUT2D eigenvalue weighted by Crippen LogP contribution is -2.53. The van der Waals surface area contributed by atoms with E-state index in [2.05, 4.69) is 12.2 Å². The van der Waals surface area contributed by atoms with Crippen LogP contribution in [0.3, 0.4) is 0 Å². The van der Waals surface area contributed by atoms with E-state index >= 15 is 0 Å². The molecule has 3 N–H and O–H groups in total. The molecule has 7 nitrogen and oxygen atoms in total. The Bertz CT molecular complexity index is 771. The summed E-state index contributed by atoms with van der Waals surface area (Å²) in [6.45, 7) is 2.14. The molecule has 31 heavy (non-hydrogen) atoms. The van der Waals surface area contributed by atoms with Gasteiger partial charge in [-0.15, -0.1) is 0 Å². The van der Waals surface area contributed by atoms with Gasteiger partial charge in [-0.1, -0.05) is 31.9 Å². The van der Waals surface area contributed by atoms with Crippen molar-refractivity contribution in [1.29, 1.82) is 0 Å². The molecule has 4 rings (SSSR count).